The zero-order valence-electron chi connectivity index (χ0n) is 13.2. The summed E-state index contributed by atoms with van der Waals surface area (Å²) in [6.45, 7) is 7.03. The van der Waals surface area contributed by atoms with Crippen LogP contribution in [0, 0.1) is 5.82 Å². The Morgan fingerprint density at radius 3 is 2.70 bits per heavy atom. The molecule has 1 unspecified atom stereocenters. The third-order valence-electron chi connectivity index (χ3n) is 3.63. The quantitative estimate of drug-likeness (QED) is 0.656. The van der Waals surface area contributed by atoms with Crippen molar-refractivity contribution >= 4 is 0 Å². The van der Waals surface area contributed by atoms with Crippen LogP contribution < -0.4 is 5.32 Å². The normalized spacial score (nSPS) is 12.8. The average molecular weight is 280 g/mol. The van der Waals surface area contributed by atoms with E-state index in [-0.39, 0.29) is 5.82 Å². The smallest absolute Gasteiger partial charge is 0.127 e. The van der Waals surface area contributed by atoms with E-state index < -0.39 is 0 Å². The first-order valence-corrected chi connectivity index (χ1v) is 7.78. The van der Waals surface area contributed by atoms with Crippen molar-refractivity contribution in [3.8, 4) is 0 Å². The van der Waals surface area contributed by atoms with Crippen LogP contribution in [-0.4, -0.2) is 31.1 Å². The van der Waals surface area contributed by atoms with Gasteiger partial charge in [0.15, 0.2) is 0 Å². The minimum absolute atomic E-state index is 0.111. The molecule has 1 aromatic rings. The maximum Gasteiger partial charge on any atom is 0.127 e. The van der Waals surface area contributed by atoms with Gasteiger partial charge in [0.25, 0.3) is 0 Å². The molecular weight excluding hydrogens is 251 g/mol. The summed E-state index contributed by atoms with van der Waals surface area (Å²) in [6.07, 6.45) is 5.14. The number of hydrogen-bond acceptors (Lipinski definition) is 2. The molecule has 1 aromatic carbocycles. The van der Waals surface area contributed by atoms with Crippen molar-refractivity contribution in [2.75, 3.05) is 20.1 Å². The zero-order valence-corrected chi connectivity index (χ0v) is 13.2. The number of nitrogens with one attached hydrogen (secondary N) is 1. The van der Waals surface area contributed by atoms with Crippen LogP contribution in [0.1, 0.15) is 45.1 Å². The average Bonchev–Trinajstić information content (AvgIpc) is 2.42. The Bertz CT molecular complexity index is 368. The van der Waals surface area contributed by atoms with E-state index >= 15 is 0 Å². The molecule has 20 heavy (non-hydrogen) atoms. The van der Waals surface area contributed by atoms with Crippen LogP contribution in [-0.2, 0) is 6.54 Å². The summed E-state index contributed by atoms with van der Waals surface area (Å²) in [4.78, 5) is 2.16. The van der Waals surface area contributed by atoms with Gasteiger partial charge in [0.1, 0.15) is 5.82 Å². The predicted octanol–water partition coefficient (Wildman–Crippen LogP) is 3.82. The summed E-state index contributed by atoms with van der Waals surface area (Å²) in [6, 6.07) is 7.58. The van der Waals surface area contributed by atoms with Gasteiger partial charge in [0.05, 0.1) is 0 Å². The third-order valence-corrected chi connectivity index (χ3v) is 3.63. The molecule has 0 spiro atoms. The maximum atomic E-state index is 13.5. The standard InChI is InChI=1S/C17H29FN2/c1-4-5-6-9-15(2)19-12-13-20(3)14-16-10-7-8-11-17(16)18/h7-8,10-11,15,19H,4-6,9,12-14H2,1-3H3. The monoisotopic (exact) mass is 280 g/mol. The highest BCUT2D eigenvalue weighted by Crippen LogP contribution is 2.08. The van der Waals surface area contributed by atoms with E-state index in [9.17, 15) is 4.39 Å². The topological polar surface area (TPSA) is 15.3 Å². The summed E-state index contributed by atoms with van der Waals surface area (Å²) in [5, 5.41) is 3.54. The van der Waals surface area contributed by atoms with Gasteiger partial charge in [-0.1, -0.05) is 44.4 Å². The molecule has 3 heteroatoms. The number of rotatable bonds is 10. The molecule has 1 atom stereocenters. The summed E-state index contributed by atoms with van der Waals surface area (Å²) >= 11 is 0. The first-order valence-electron chi connectivity index (χ1n) is 7.78. The van der Waals surface area contributed by atoms with Gasteiger partial charge in [-0.2, -0.15) is 0 Å². The first-order chi connectivity index (χ1) is 9.63. The summed E-state index contributed by atoms with van der Waals surface area (Å²) in [5.74, 6) is -0.111. The van der Waals surface area contributed by atoms with E-state index in [0.717, 1.165) is 18.7 Å². The molecule has 0 fully saturated rings. The molecule has 0 saturated heterocycles. The van der Waals surface area contributed by atoms with Crippen molar-refractivity contribution in [2.24, 2.45) is 0 Å². The highest BCUT2D eigenvalue weighted by molar-refractivity contribution is 5.16. The molecule has 0 aromatic heterocycles. The largest absolute Gasteiger partial charge is 0.313 e. The lowest BCUT2D eigenvalue weighted by Crippen LogP contribution is -2.34. The van der Waals surface area contributed by atoms with E-state index in [1.54, 1.807) is 6.07 Å². The van der Waals surface area contributed by atoms with Crippen LogP contribution in [0.25, 0.3) is 0 Å². The Morgan fingerprint density at radius 1 is 1.25 bits per heavy atom. The SMILES string of the molecule is CCCCCC(C)NCCN(C)Cc1ccccc1F. The Morgan fingerprint density at radius 2 is 2.00 bits per heavy atom. The third kappa shape index (κ3) is 7.01. The zero-order chi connectivity index (χ0) is 14.8. The van der Waals surface area contributed by atoms with Crippen LogP contribution in [0.5, 0.6) is 0 Å². The van der Waals surface area contributed by atoms with Crippen LogP contribution in [0.15, 0.2) is 24.3 Å². The van der Waals surface area contributed by atoms with Gasteiger partial charge in [-0.05, 0) is 26.5 Å². The Kier molecular flexibility index (Phi) is 8.47. The minimum Gasteiger partial charge on any atom is -0.313 e. The van der Waals surface area contributed by atoms with Crippen LogP contribution in [0.4, 0.5) is 4.39 Å². The number of hydrogen-bond donors (Lipinski definition) is 1. The Hall–Kier alpha value is -0.930. The molecule has 0 heterocycles. The molecule has 0 aliphatic heterocycles. The summed E-state index contributed by atoms with van der Waals surface area (Å²) < 4.78 is 13.5. The number of likely N-dealkylation sites (N-methyl/N-ethyl adjacent to an activating group) is 1. The van der Waals surface area contributed by atoms with E-state index in [2.05, 4.69) is 24.1 Å². The number of nitrogens with zero attached hydrogens (tertiary/aromatic N) is 1. The van der Waals surface area contributed by atoms with Gasteiger partial charge in [-0.25, -0.2) is 4.39 Å². The van der Waals surface area contributed by atoms with Gasteiger partial charge >= 0.3 is 0 Å². The van der Waals surface area contributed by atoms with E-state index in [1.165, 1.54) is 31.7 Å². The van der Waals surface area contributed by atoms with Crippen molar-refractivity contribution in [1.82, 2.24) is 10.2 Å². The second kappa shape index (κ2) is 9.89. The van der Waals surface area contributed by atoms with E-state index in [1.807, 2.05) is 19.2 Å². The van der Waals surface area contributed by atoms with Gasteiger partial charge in [0.2, 0.25) is 0 Å². The highest BCUT2D eigenvalue weighted by atomic mass is 19.1. The minimum atomic E-state index is -0.111. The molecule has 2 nitrogen and oxygen atoms in total. The van der Waals surface area contributed by atoms with Gasteiger partial charge in [0, 0.05) is 31.2 Å². The molecule has 1 rings (SSSR count). The number of unbranched alkanes of at least 4 members (excludes halogenated alkanes) is 2. The lowest BCUT2D eigenvalue weighted by atomic mass is 10.1. The Balaban J connectivity index is 2.17. The predicted molar refractivity (Wildman–Crippen MR) is 84.3 cm³/mol. The van der Waals surface area contributed by atoms with Crippen LogP contribution in [0.2, 0.25) is 0 Å². The molecule has 114 valence electrons. The molecule has 0 radical (unpaired) electrons. The fourth-order valence-electron chi connectivity index (χ4n) is 2.30. The van der Waals surface area contributed by atoms with Gasteiger partial charge in [-0.3, -0.25) is 0 Å². The second-order valence-electron chi connectivity index (χ2n) is 5.68. The molecule has 0 amide bonds. The van der Waals surface area contributed by atoms with E-state index in [4.69, 9.17) is 0 Å². The van der Waals surface area contributed by atoms with Gasteiger partial charge in [-0.15, -0.1) is 0 Å². The molecule has 0 aliphatic carbocycles. The molecule has 1 N–H and O–H groups in total. The van der Waals surface area contributed by atoms with Gasteiger partial charge < -0.3 is 10.2 Å². The molecular formula is C17H29FN2. The fraction of sp³-hybridized carbons (Fsp3) is 0.647. The summed E-state index contributed by atoms with van der Waals surface area (Å²) in [5.41, 5.74) is 0.769. The molecule has 0 aliphatic rings. The molecule has 0 bridgehead atoms. The summed E-state index contributed by atoms with van der Waals surface area (Å²) in [7, 11) is 2.04. The number of benzene rings is 1. The molecule has 0 saturated carbocycles. The van der Waals surface area contributed by atoms with Crippen molar-refractivity contribution in [3.63, 3.8) is 0 Å². The highest BCUT2D eigenvalue weighted by Gasteiger charge is 2.06. The van der Waals surface area contributed by atoms with E-state index in [0.29, 0.717) is 12.6 Å². The fourth-order valence-corrected chi connectivity index (χ4v) is 2.30. The maximum absolute atomic E-state index is 13.5. The van der Waals surface area contributed by atoms with Crippen molar-refractivity contribution in [2.45, 2.75) is 52.1 Å². The Labute approximate surface area is 123 Å². The first kappa shape index (κ1) is 17.1. The lowest BCUT2D eigenvalue weighted by Gasteiger charge is -2.19. The van der Waals surface area contributed by atoms with Crippen LogP contribution >= 0.6 is 0 Å². The van der Waals surface area contributed by atoms with Crippen LogP contribution in [0.3, 0.4) is 0 Å². The van der Waals surface area contributed by atoms with Crippen molar-refractivity contribution < 1.29 is 4.39 Å². The lowest BCUT2D eigenvalue weighted by molar-refractivity contribution is 0.311. The number of halogens is 1. The van der Waals surface area contributed by atoms with Crippen molar-refractivity contribution in [1.29, 1.82) is 0 Å². The van der Waals surface area contributed by atoms with Crippen molar-refractivity contribution in [3.05, 3.63) is 35.6 Å². The second-order valence-corrected chi connectivity index (χ2v) is 5.68.